The normalized spacial score (nSPS) is 10.4. The van der Waals surface area contributed by atoms with Crippen molar-refractivity contribution < 1.29 is 14.3 Å². The Morgan fingerprint density at radius 1 is 1.17 bits per heavy atom. The lowest BCUT2D eigenvalue weighted by Crippen LogP contribution is -2.24. The van der Waals surface area contributed by atoms with E-state index in [9.17, 15) is 9.59 Å². The minimum absolute atomic E-state index is 0.137. The maximum Gasteiger partial charge on any atom is 0.277 e. The first-order chi connectivity index (χ1) is 11.5. The molecular formula is C17H16ClN3O3. The van der Waals surface area contributed by atoms with E-state index in [-0.39, 0.29) is 12.5 Å². The summed E-state index contributed by atoms with van der Waals surface area (Å²) in [4.78, 5) is 22.6. The quantitative estimate of drug-likeness (QED) is 0.624. The summed E-state index contributed by atoms with van der Waals surface area (Å²) in [5, 5.41) is 6.94. The van der Waals surface area contributed by atoms with Crippen LogP contribution in [0.3, 0.4) is 0 Å². The topological polar surface area (TPSA) is 79.8 Å². The molecule has 0 fully saturated rings. The molecule has 0 heterocycles. The number of hydrogen-bond donors (Lipinski definition) is 2. The van der Waals surface area contributed by atoms with Crippen LogP contribution in [0.1, 0.15) is 12.5 Å². The van der Waals surface area contributed by atoms with Gasteiger partial charge in [0.15, 0.2) is 6.61 Å². The van der Waals surface area contributed by atoms with E-state index in [1.54, 1.807) is 48.5 Å². The second-order valence-corrected chi connectivity index (χ2v) is 5.22. The molecule has 0 aromatic heterocycles. The number of anilines is 1. The van der Waals surface area contributed by atoms with E-state index in [4.69, 9.17) is 16.3 Å². The fourth-order valence-electron chi connectivity index (χ4n) is 1.77. The van der Waals surface area contributed by atoms with Gasteiger partial charge in [0.05, 0.1) is 11.2 Å². The number of carbonyl (C=O) groups excluding carboxylic acids is 2. The van der Waals surface area contributed by atoms with Gasteiger partial charge in [0.2, 0.25) is 5.91 Å². The summed E-state index contributed by atoms with van der Waals surface area (Å²) >= 11 is 5.92. The number of nitrogens with one attached hydrogen (secondary N) is 2. The summed E-state index contributed by atoms with van der Waals surface area (Å²) in [7, 11) is 0. The number of para-hydroxylation sites is 1. The van der Waals surface area contributed by atoms with Gasteiger partial charge in [-0.25, -0.2) is 5.43 Å². The van der Waals surface area contributed by atoms with Crippen LogP contribution in [-0.4, -0.2) is 24.6 Å². The Hall–Kier alpha value is -2.86. The van der Waals surface area contributed by atoms with Gasteiger partial charge < -0.3 is 10.1 Å². The van der Waals surface area contributed by atoms with E-state index in [1.165, 1.54) is 13.1 Å². The van der Waals surface area contributed by atoms with Gasteiger partial charge >= 0.3 is 0 Å². The SMILES string of the molecule is CC(=O)Nc1ccc(/C=N\NC(=O)COc2ccccc2Cl)cc1. The van der Waals surface area contributed by atoms with E-state index >= 15 is 0 Å². The standard InChI is InChI=1S/C17H16ClN3O3/c1-12(22)20-14-8-6-13(7-9-14)10-19-21-17(23)11-24-16-5-3-2-4-15(16)18/h2-10H,11H2,1H3,(H,20,22)(H,21,23)/b19-10-. The Labute approximate surface area is 144 Å². The Balaban J connectivity index is 1.79. The average molecular weight is 346 g/mol. The summed E-state index contributed by atoms with van der Waals surface area (Å²) in [6.45, 7) is 1.25. The number of ether oxygens (including phenoxy) is 1. The lowest BCUT2D eigenvalue weighted by atomic mass is 10.2. The molecule has 24 heavy (non-hydrogen) atoms. The summed E-state index contributed by atoms with van der Waals surface area (Å²) in [6, 6.07) is 13.9. The van der Waals surface area contributed by atoms with Crippen molar-refractivity contribution >= 4 is 35.3 Å². The van der Waals surface area contributed by atoms with Gasteiger partial charge in [0.1, 0.15) is 5.75 Å². The Morgan fingerprint density at radius 2 is 1.88 bits per heavy atom. The molecule has 0 aliphatic carbocycles. The first-order valence-corrected chi connectivity index (χ1v) is 7.49. The highest BCUT2D eigenvalue weighted by Crippen LogP contribution is 2.22. The Morgan fingerprint density at radius 3 is 2.54 bits per heavy atom. The van der Waals surface area contributed by atoms with E-state index in [1.807, 2.05) is 0 Å². The van der Waals surface area contributed by atoms with E-state index < -0.39 is 5.91 Å². The monoisotopic (exact) mass is 345 g/mol. The molecule has 2 N–H and O–H groups in total. The first-order valence-electron chi connectivity index (χ1n) is 7.11. The predicted molar refractivity (Wildman–Crippen MR) is 93.4 cm³/mol. The molecule has 0 bridgehead atoms. The molecule has 2 rings (SSSR count). The minimum atomic E-state index is -0.402. The van der Waals surface area contributed by atoms with Gasteiger partial charge in [0, 0.05) is 12.6 Å². The van der Waals surface area contributed by atoms with Crippen molar-refractivity contribution in [1.29, 1.82) is 0 Å². The number of amides is 2. The zero-order valence-electron chi connectivity index (χ0n) is 13.0. The number of halogens is 1. The van der Waals surface area contributed by atoms with Crippen LogP contribution in [0.15, 0.2) is 53.6 Å². The Kier molecular flexibility index (Phi) is 6.33. The fourth-order valence-corrected chi connectivity index (χ4v) is 1.96. The number of hydrazone groups is 1. The van der Waals surface area contributed by atoms with Crippen molar-refractivity contribution in [2.45, 2.75) is 6.92 Å². The van der Waals surface area contributed by atoms with Gasteiger partial charge in [-0.1, -0.05) is 35.9 Å². The maximum absolute atomic E-state index is 11.7. The molecule has 2 aromatic carbocycles. The minimum Gasteiger partial charge on any atom is -0.482 e. The largest absolute Gasteiger partial charge is 0.482 e. The molecule has 0 unspecified atom stereocenters. The third kappa shape index (κ3) is 5.73. The van der Waals surface area contributed by atoms with Gasteiger partial charge in [-0.15, -0.1) is 0 Å². The predicted octanol–water partition coefficient (Wildman–Crippen LogP) is 2.83. The summed E-state index contributed by atoms with van der Waals surface area (Å²) < 4.78 is 5.30. The molecule has 2 aromatic rings. The van der Waals surface area contributed by atoms with Crippen LogP contribution in [0.2, 0.25) is 5.02 Å². The third-order valence-electron chi connectivity index (χ3n) is 2.83. The van der Waals surface area contributed by atoms with Crippen LogP contribution >= 0.6 is 11.6 Å². The molecule has 0 radical (unpaired) electrons. The summed E-state index contributed by atoms with van der Waals surface area (Å²) in [5.41, 5.74) is 3.83. The number of nitrogens with zero attached hydrogens (tertiary/aromatic N) is 1. The molecule has 7 heteroatoms. The lowest BCUT2D eigenvalue weighted by Gasteiger charge is -2.06. The van der Waals surface area contributed by atoms with Crippen molar-refractivity contribution in [3.8, 4) is 5.75 Å². The molecule has 0 saturated heterocycles. The van der Waals surface area contributed by atoms with E-state index in [0.717, 1.165) is 5.56 Å². The van der Waals surface area contributed by atoms with Crippen LogP contribution in [0, 0.1) is 0 Å². The molecule has 0 atom stereocenters. The first kappa shape index (κ1) is 17.5. The highest BCUT2D eigenvalue weighted by Gasteiger charge is 2.04. The van der Waals surface area contributed by atoms with Crippen molar-refractivity contribution in [3.05, 3.63) is 59.1 Å². The number of hydrogen-bond acceptors (Lipinski definition) is 4. The van der Waals surface area contributed by atoms with Crippen LogP contribution in [0.25, 0.3) is 0 Å². The van der Waals surface area contributed by atoms with E-state index in [2.05, 4.69) is 15.8 Å². The number of rotatable bonds is 6. The number of benzene rings is 2. The van der Waals surface area contributed by atoms with Crippen molar-refractivity contribution in [3.63, 3.8) is 0 Å². The molecule has 2 amide bonds. The van der Waals surface area contributed by atoms with Gasteiger partial charge in [-0.2, -0.15) is 5.10 Å². The third-order valence-corrected chi connectivity index (χ3v) is 3.14. The van der Waals surface area contributed by atoms with Crippen LogP contribution in [0.4, 0.5) is 5.69 Å². The van der Waals surface area contributed by atoms with Gasteiger partial charge in [0.25, 0.3) is 5.91 Å². The number of carbonyl (C=O) groups is 2. The molecule has 0 aliphatic rings. The average Bonchev–Trinajstić information content (AvgIpc) is 2.55. The Bertz CT molecular complexity index is 745. The second-order valence-electron chi connectivity index (χ2n) is 4.82. The smallest absolute Gasteiger partial charge is 0.277 e. The molecule has 0 saturated carbocycles. The summed E-state index contributed by atoms with van der Waals surface area (Å²) in [5.74, 6) is -0.102. The molecule has 124 valence electrons. The zero-order chi connectivity index (χ0) is 17.4. The van der Waals surface area contributed by atoms with Crippen molar-refractivity contribution in [1.82, 2.24) is 5.43 Å². The molecule has 6 nitrogen and oxygen atoms in total. The zero-order valence-corrected chi connectivity index (χ0v) is 13.7. The van der Waals surface area contributed by atoms with Crippen molar-refractivity contribution in [2.24, 2.45) is 5.10 Å². The highest BCUT2D eigenvalue weighted by atomic mass is 35.5. The van der Waals surface area contributed by atoms with Gasteiger partial charge in [-0.05, 0) is 29.8 Å². The summed E-state index contributed by atoms with van der Waals surface area (Å²) in [6.07, 6.45) is 1.49. The molecule has 0 aliphatic heterocycles. The molecule has 0 spiro atoms. The van der Waals surface area contributed by atoms with Crippen molar-refractivity contribution in [2.75, 3.05) is 11.9 Å². The maximum atomic E-state index is 11.7. The highest BCUT2D eigenvalue weighted by molar-refractivity contribution is 6.32. The fraction of sp³-hybridized carbons (Fsp3) is 0.118. The van der Waals surface area contributed by atoms with Crippen LogP contribution < -0.4 is 15.5 Å². The molecular weight excluding hydrogens is 330 g/mol. The second kappa shape index (κ2) is 8.69. The van der Waals surface area contributed by atoms with Crippen LogP contribution in [0.5, 0.6) is 5.75 Å². The lowest BCUT2D eigenvalue weighted by molar-refractivity contribution is -0.123. The van der Waals surface area contributed by atoms with Gasteiger partial charge in [-0.3, -0.25) is 9.59 Å². The van der Waals surface area contributed by atoms with Crippen LogP contribution in [-0.2, 0) is 9.59 Å². The van der Waals surface area contributed by atoms with E-state index in [0.29, 0.717) is 16.5 Å².